The highest BCUT2D eigenvalue weighted by molar-refractivity contribution is 5.92. The van der Waals surface area contributed by atoms with Gasteiger partial charge < -0.3 is 10.6 Å². The molecule has 0 bridgehead atoms. The number of hydrogen-bond acceptors (Lipinski definition) is 3. The number of likely N-dealkylation sites (tertiary alicyclic amines) is 1. The summed E-state index contributed by atoms with van der Waals surface area (Å²) in [5, 5.41) is 0. The van der Waals surface area contributed by atoms with E-state index in [4.69, 9.17) is 5.73 Å². The molecule has 1 aromatic rings. The summed E-state index contributed by atoms with van der Waals surface area (Å²) in [5.74, 6) is 0.441. The number of carbonyl (C=O) groups is 1. The minimum Gasteiger partial charge on any atom is -0.337 e. The molecule has 98 valence electrons. The van der Waals surface area contributed by atoms with E-state index in [1.807, 2.05) is 30.9 Å². The van der Waals surface area contributed by atoms with Gasteiger partial charge in [-0.15, -0.1) is 0 Å². The smallest absolute Gasteiger partial charge is 0.272 e. The number of pyridine rings is 1. The second-order valence-corrected chi connectivity index (χ2v) is 5.18. The van der Waals surface area contributed by atoms with Crippen molar-refractivity contribution in [3.63, 3.8) is 0 Å². The minimum atomic E-state index is 0.0315. The molecule has 18 heavy (non-hydrogen) atoms. The Kier molecular flexibility index (Phi) is 3.97. The molecule has 1 aliphatic heterocycles. The zero-order valence-corrected chi connectivity index (χ0v) is 11.1. The predicted octanol–water partition coefficient (Wildman–Crippen LogP) is 1.59. The van der Waals surface area contributed by atoms with Gasteiger partial charge in [-0.3, -0.25) is 4.79 Å². The number of carbonyl (C=O) groups excluding carboxylic acids is 1. The summed E-state index contributed by atoms with van der Waals surface area (Å²) in [5.41, 5.74) is 7.36. The lowest BCUT2D eigenvalue weighted by molar-refractivity contribution is 0.0655. The second-order valence-electron chi connectivity index (χ2n) is 5.18. The van der Waals surface area contributed by atoms with Crippen LogP contribution in [-0.4, -0.2) is 34.9 Å². The van der Waals surface area contributed by atoms with Crippen molar-refractivity contribution < 1.29 is 4.79 Å². The molecule has 1 fully saturated rings. The molecular weight excluding hydrogens is 226 g/mol. The van der Waals surface area contributed by atoms with Gasteiger partial charge >= 0.3 is 0 Å². The van der Waals surface area contributed by atoms with E-state index in [9.17, 15) is 4.79 Å². The number of nitrogens with zero attached hydrogens (tertiary/aromatic N) is 2. The van der Waals surface area contributed by atoms with Gasteiger partial charge in [0.25, 0.3) is 5.91 Å². The number of aromatic nitrogens is 1. The minimum absolute atomic E-state index is 0.0315. The third kappa shape index (κ3) is 2.88. The summed E-state index contributed by atoms with van der Waals surface area (Å²) < 4.78 is 0. The molecule has 0 aromatic carbocycles. The molecule has 1 amide bonds. The van der Waals surface area contributed by atoms with Crippen LogP contribution in [0.1, 0.15) is 35.9 Å². The van der Waals surface area contributed by atoms with Crippen molar-refractivity contribution in [2.45, 2.75) is 32.7 Å². The fourth-order valence-electron chi connectivity index (χ4n) is 2.45. The van der Waals surface area contributed by atoms with E-state index in [-0.39, 0.29) is 11.9 Å². The van der Waals surface area contributed by atoms with Crippen LogP contribution in [0.25, 0.3) is 0 Å². The Balaban J connectivity index is 2.09. The Morgan fingerprint density at radius 2 is 2.33 bits per heavy atom. The van der Waals surface area contributed by atoms with Gasteiger partial charge in [-0.1, -0.05) is 6.07 Å². The average molecular weight is 247 g/mol. The highest BCUT2D eigenvalue weighted by atomic mass is 16.2. The largest absolute Gasteiger partial charge is 0.337 e. The Morgan fingerprint density at radius 1 is 1.56 bits per heavy atom. The van der Waals surface area contributed by atoms with Gasteiger partial charge in [0.15, 0.2) is 0 Å². The Bertz CT molecular complexity index is 431. The monoisotopic (exact) mass is 247 g/mol. The standard InChI is InChI=1S/C14H21N3O/c1-10-5-3-7-13(16-10)14(18)17-8-4-6-12(9-17)11(2)15/h3,5,7,11-12H,4,6,8-9,15H2,1-2H3. The summed E-state index contributed by atoms with van der Waals surface area (Å²) in [6, 6.07) is 5.71. The number of aryl methyl sites for hydroxylation is 1. The Morgan fingerprint density at radius 3 is 3.00 bits per heavy atom. The van der Waals surface area contributed by atoms with Crippen LogP contribution < -0.4 is 5.73 Å². The zero-order chi connectivity index (χ0) is 13.1. The Labute approximate surface area is 108 Å². The van der Waals surface area contributed by atoms with Crippen molar-refractivity contribution in [3.8, 4) is 0 Å². The zero-order valence-electron chi connectivity index (χ0n) is 11.1. The van der Waals surface area contributed by atoms with Crippen LogP contribution in [0.3, 0.4) is 0 Å². The first-order valence-corrected chi connectivity index (χ1v) is 6.56. The van der Waals surface area contributed by atoms with Crippen LogP contribution in [0.5, 0.6) is 0 Å². The van der Waals surface area contributed by atoms with Crippen LogP contribution in [0.2, 0.25) is 0 Å². The molecule has 2 unspecified atom stereocenters. The number of hydrogen-bond donors (Lipinski definition) is 1. The van der Waals surface area contributed by atoms with Crippen molar-refractivity contribution in [1.82, 2.24) is 9.88 Å². The van der Waals surface area contributed by atoms with Crippen molar-refractivity contribution >= 4 is 5.91 Å². The third-order valence-electron chi connectivity index (χ3n) is 3.60. The van der Waals surface area contributed by atoms with Crippen molar-refractivity contribution in [3.05, 3.63) is 29.6 Å². The fraction of sp³-hybridized carbons (Fsp3) is 0.571. The molecule has 0 aliphatic carbocycles. The van der Waals surface area contributed by atoms with Crippen LogP contribution >= 0.6 is 0 Å². The molecule has 2 atom stereocenters. The van der Waals surface area contributed by atoms with E-state index in [1.165, 1.54) is 0 Å². The van der Waals surface area contributed by atoms with Gasteiger partial charge in [0.2, 0.25) is 0 Å². The van der Waals surface area contributed by atoms with Gasteiger partial charge in [-0.05, 0) is 44.7 Å². The molecule has 2 heterocycles. The summed E-state index contributed by atoms with van der Waals surface area (Å²) in [6.07, 6.45) is 2.15. The average Bonchev–Trinajstić information content (AvgIpc) is 2.38. The quantitative estimate of drug-likeness (QED) is 0.863. The van der Waals surface area contributed by atoms with E-state index in [0.29, 0.717) is 11.6 Å². The number of rotatable bonds is 2. The van der Waals surface area contributed by atoms with Crippen LogP contribution in [0.4, 0.5) is 0 Å². The maximum absolute atomic E-state index is 12.3. The number of nitrogens with two attached hydrogens (primary N) is 1. The van der Waals surface area contributed by atoms with E-state index in [1.54, 1.807) is 6.07 Å². The fourth-order valence-corrected chi connectivity index (χ4v) is 2.45. The Hall–Kier alpha value is -1.42. The summed E-state index contributed by atoms with van der Waals surface area (Å²) in [7, 11) is 0. The van der Waals surface area contributed by atoms with Gasteiger partial charge in [0.05, 0.1) is 0 Å². The first-order valence-electron chi connectivity index (χ1n) is 6.56. The van der Waals surface area contributed by atoms with Crippen LogP contribution in [0.15, 0.2) is 18.2 Å². The van der Waals surface area contributed by atoms with Crippen LogP contribution in [-0.2, 0) is 0 Å². The van der Waals surface area contributed by atoms with Gasteiger partial charge in [0, 0.05) is 24.8 Å². The lowest BCUT2D eigenvalue weighted by atomic mass is 9.92. The van der Waals surface area contributed by atoms with Crippen LogP contribution in [0, 0.1) is 12.8 Å². The van der Waals surface area contributed by atoms with Gasteiger partial charge in [-0.2, -0.15) is 0 Å². The molecule has 2 N–H and O–H groups in total. The molecule has 4 nitrogen and oxygen atoms in total. The predicted molar refractivity (Wildman–Crippen MR) is 71.3 cm³/mol. The van der Waals surface area contributed by atoms with E-state index in [2.05, 4.69) is 4.98 Å². The number of amides is 1. The highest BCUT2D eigenvalue weighted by Crippen LogP contribution is 2.20. The number of piperidine rings is 1. The maximum atomic E-state index is 12.3. The summed E-state index contributed by atoms with van der Waals surface area (Å²) in [6.45, 7) is 5.49. The molecule has 0 saturated carbocycles. The molecule has 2 rings (SSSR count). The lowest BCUT2D eigenvalue weighted by Crippen LogP contribution is -2.45. The molecule has 0 radical (unpaired) electrons. The lowest BCUT2D eigenvalue weighted by Gasteiger charge is -2.34. The molecule has 0 spiro atoms. The molecule has 4 heteroatoms. The topological polar surface area (TPSA) is 59.2 Å². The normalized spacial score (nSPS) is 21.7. The summed E-state index contributed by atoms with van der Waals surface area (Å²) in [4.78, 5) is 18.5. The third-order valence-corrected chi connectivity index (χ3v) is 3.60. The molecular formula is C14H21N3O. The van der Waals surface area contributed by atoms with Crippen molar-refractivity contribution in [1.29, 1.82) is 0 Å². The van der Waals surface area contributed by atoms with E-state index in [0.717, 1.165) is 31.6 Å². The van der Waals surface area contributed by atoms with Crippen molar-refractivity contribution in [2.24, 2.45) is 11.7 Å². The maximum Gasteiger partial charge on any atom is 0.272 e. The molecule has 1 saturated heterocycles. The van der Waals surface area contributed by atoms with Crippen molar-refractivity contribution in [2.75, 3.05) is 13.1 Å². The van der Waals surface area contributed by atoms with E-state index >= 15 is 0 Å². The molecule has 1 aliphatic rings. The second kappa shape index (κ2) is 5.48. The van der Waals surface area contributed by atoms with Gasteiger partial charge in [0.1, 0.15) is 5.69 Å². The van der Waals surface area contributed by atoms with Gasteiger partial charge in [-0.25, -0.2) is 4.98 Å². The van der Waals surface area contributed by atoms with E-state index < -0.39 is 0 Å². The highest BCUT2D eigenvalue weighted by Gasteiger charge is 2.26. The summed E-state index contributed by atoms with van der Waals surface area (Å²) >= 11 is 0. The first-order chi connectivity index (χ1) is 8.58. The molecule has 1 aromatic heterocycles. The SMILES string of the molecule is Cc1cccc(C(=O)N2CCCC(C(C)N)C2)n1. The first kappa shape index (κ1) is 13.0.